The van der Waals surface area contributed by atoms with Crippen LogP contribution < -0.4 is 5.32 Å². The third-order valence-electron chi connectivity index (χ3n) is 4.37. The molecule has 20 heavy (non-hydrogen) atoms. The number of nitrogens with one attached hydrogen (secondary N) is 1. The summed E-state index contributed by atoms with van der Waals surface area (Å²) in [5.74, 6) is 0. The van der Waals surface area contributed by atoms with Crippen LogP contribution in [0.4, 0.5) is 0 Å². The molecule has 112 valence electrons. The Balaban J connectivity index is 1.85. The molecule has 2 rings (SSSR count). The molecule has 0 spiro atoms. The second kappa shape index (κ2) is 7.77. The average molecular weight is 275 g/mol. The molecule has 1 fully saturated rings. The fourth-order valence-electron chi connectivity index (χ4n) is 2.91. The molecule has 0 amide bonds. The molecule has 0 radical (unpaired) electrons. The summed E-state index contributed by atoms with van der Waals surface area (Å²) in [6.45, 7) is 8.23. The maximum Gasteiger partial charge on any atom is 0.0329 e. The molecule has 1 aliphatic heterocycles. The Morgan fingerprint density at radius 3 is 2.55 bits per heavy atom. The Bertz CT molecular complexity index is 388. The van der Waals surface area contributed by atoms with E-state index < -0.39 is 0 Å². The normalized spacial score (nSPS) is 19.8. The average Bonchev–Trinajstić information content (AvgIpc) is 2.66. The van der Waals surface area contributed by atoms with E-state index in [0.29, 0.717) is 6.04 Å². The Morgan fingerprint density at radius 2 is 1.85 bits per heavy atom. The zero-order valence-corrected chi connectivity index (χ0v) is 13.2. The summed E-state index contributed by atoms with van der Waals surface area (Å²) in [6.07, 6.45) is 2.48. The van der Waals surface area contributed by atoms with Gasteiger partial charge in [0, 0.05) is 19.1 Å². The molecule has 1 aromatic rings. The standard InChI is InChI=1S/C17H29N3/c1-15-5-7-16(8-6-15)17(18-2)9-12-20-11-4-10-19(3)13-14-20/h5-8,17-18H,4,9-14H2,1-3H3. The van der Waals surface area contributed by atoms with Crippen molar-refractivity contribution in [2.24, 2.45) is 0 Å². The summed E-state index contributed by atoms with van der Waals surface area (Å²) >= 11 is 0. The first-order valence-corrected chi connectivity index (χ1v) is 7.84. The quantitative estimate of drug-likeness (QED) is 0.889. The molecular formula is C17H29N3. The fourth-order valence-corrected chi connectivity index (χ4v) is 2.91. The molecule has 1 heterocycles. The number of aryl methyl sites for hydroxylation is 1. The molecule has 3 heteroatoms. The molecule has 0 bridgehead atoms. The van der Waals surface area contributed by atoms with Gasteiger partial charge in [-0.1, -0.05) is 29.8 Å². The minimum absolute atomic E-state index is 0.469. The van der Waals surface area contributed by atoms with Gasteiger partial charge >= 0.3 is 0 Å². The van der Waals surface area contributed by atoms with E-state index in [1.807, 2.05) is 0 Å². The molecule has 1 unspecified atom stereocenters. The minimum atomic E-state index is 0.469. The lowest BCUT2D eigenvalue weighted by molar-refractivity contribution is 0.262. The fraction of sp³-hybridized carbons (Fsp3) is 0.647. The van der Waals surface area contributed by atoms with E-state index in [-0.39, 0.29) is 0 Å². The largest absolute Gasteiger partial charge is 0.313 e. The zero-order chi connectivity index (χ0) is 14.4. The summed E-state index contributed by atoms with van der Waals surface area (Å²) in [5, 5.41) is 3.46. The SMILES string of the molecule is CNC(CCN1CCCN(C)CC1)c1ccc(C)cc1. The Morgan fingerprint density at radius 1 is 1.10 bits per heavy atom. The van der Waals surface area contributed by atoms with Gasteiger partial charge in [-0.25, -0.2) is 0 Å². The summed E-state index contributed by atoms with van der Waals surface area (Å²) in [5.41, 5.74) is 2.74. The Hall–Kier alpha value is -0.900. The highest BCUT2D eigenvalue weighted by Crippen LogP contribution is 2.18. The highest BCUT2D eigenvalue weighted by Gasteiger charge is 2.14. The van der Waals surface area contributed by atoms with Gasteiger partial charge < -0.3 is 15.1 Å². The van der Waals surface area contributed by atoms with Gasteiger partial charge in [-0.05, 0) is 59.1 Å². The lowest BCUT2D eigenvalue weighted by atomic mass is 10.0. The van der Waals surface area contributed by atoms with E-state index in [0.717, 1.165) is 0 Å². The van der Waals surface area contributed by atoms with Crippen LogP contribution in [0.5, 0.6) is 0 Å². The topological polar surface area (TPSA) is 18.5 Å². The maximum absolute atomic E-state index is 3.46. The number of benzene rings is 1. The molecule has 1 atom stereocenters. The predicted molar refractivity (Wildman–Crippen MR) is 86.2 cm³/mol. The zero-order valence-electron chi connectivity index (χ0n) is 13.2. The summed E-state index contributed by atoms with van der Waals surface area (Å²) in [4.78, 5) is 5.05. The predicted octanol–water partition coefficient (Wildman–Crippen LogP) is 2.28. The highest BCUT2D eigenvalue weighted by molar-refractivity contribution is 5.24. The van der Waals surface area contributed by atoms with Gasteiger partial charge in [-0.3, -0.25) is 0 Å². The molecule has 1 N–H and O–H groups in total. The van der Waals surface area contributed by atoms with E-state index in [1.54, 1.807) is 0 Å². The van der Waals surface area contributed by atoms with Crippen LogP contribution in [0.2, 0.25) is 0 Å². The number of nitrogens with zero attached hydrogens (tertiary/aromatic N) is 2. The van der Waals surface area contributed by atoms with Gasteiger partial charge in [0.05, 0.1) is 0 Å². The van der Waals surface area contributed by atoms with Gasteiger partial charge in [0.1, 0.15) is 0 Å². The summed E-state index contributed by atoms with van der Waals surface area (Å²) in [6, 6.07) is 9.40. The molecule has 3 nitrogen and oxygen atoms in total. The van der Waals surface area contributed by atoms with Crippen LogP contribution in [0.15, 0.2) is 24.3 Å². The van der Waals surface area contributed by atoms with Crippen LogP contribution in [0, 0.1) is 6.92 Å². The molecule has 1 aromatic carbocycles. The van der Waals surface area contributed by atoms with Crippen LogP contribution in [-0.2, 0) is 0 Å². The van der Waals surface area contributed by atoms with Crippen molar-refractivity contribution in [3.05, 3.63) is 35.4 Å². The molecule has 0 aliphatic carbocycles. The number of hydrogen-bond donors (Lipinski definition) is 1. The van der Waals surface area contributed by atoms with Crippen molar-refractivity contribution in [1.29, 1.82) is 0 Å². The van der Waals surface area contributed by atoms with Crippen LogP contribution in [-0.4, -0.2) is 56.6 Å². The van der Waals surface area contributed by atoms with Crippen molar-refractivity contribution in [3.63, 3.8) is 0 Å². The second-order valence-corrected chi connectivity index (χ2v) is 6.04. The van der Waals surface area contributed by atoms with Crippen LogP contribution in [0.3, 0.4) is 0 Å². The summed E-state index contributed by atoms with van der Waals surface area (Å²) < 4.78 is 0. The maximum atomic E-state index is 3.46. The molecule has 0 saturated carbocycles. The lowest BCUT2D eigenvalue weighted by Crippen LogP contribution is -2.32. The third-order valence-corrected chi connectivity index (χ3v) is 4.37. The first kappa shape index (κ1) is 15.5. The summed E-state index contributed by atoms with van der Waals surface area (Å²) in [7, 11) is 4.30. The first-order chi connectivity index (χ1) is 9.69. The van der Waals surface area contributed by atoms with Crippen molar-refractivity contribution < 1.29 is 0 Å². The van der Waals surface area contributed by atoms with E-state index in [4.69, 9.17) is 0 Å². The first-order valence-electron chi connectivity index (χ1n) is 7.84. The van der Waals surface area contributed by atoms with E-state index >= 15 is 0 Å². The minimum Gasteiger partial charge on any atom is -0.313 e. The molecule has 1 saturated heterocycles. The molecule has 0 aromatic heterocycles. The van der Waals surface area contributed by atoms with Crippen molar-refractivity contribution >= 4 is 0 Å². The van der Waals surface area contributed by atoms with Crippen LogP contribution in [0.1, 0.15) is 30.0 Å². The molecular weight excluding hydrogens is 246 g/mol. The van der Waals surface area contributed by atoms with E-state index in [1.165, 1.54) is 56.7 Å². The molecule has 1 aliphatic rings. The number of rotatable bonds is 5. The number of hydrogen-bond acceptors (Lipinski definition) is 3. The van der Waals surface area contributed by atoms with Gasteiger partial charge in [0.2, 0.25) is 0 Å². The monoisotopic (exact) mass is 275 g/mol. The van der Waals surface area contributed by atoms with Gasteiger partial charge in [-0.15, -0.1) is 0 Å². The second-order valence-electron chi connectivity index (χ2n) is 6.04. The Kier molecular flexibility index (Phi) is 6.02. The van der Waals surface area contributed by atoms with Crippen LogP contribution in [0.25, 0.3) is 0 Å². The van der Waals surface area contributed by atoms with Gasteiger partial charge in [0.15, 0.2) is 0 Å². The van der Waals surface area contributed by atoms with Crippen molar-refractivity contribution in [3.8, 4) is 0 Å². The van der Waals surface area contributed by atoms with Crippen molar-refractivity contribution in [2.45, 2.75) is 25.8 Å². The van der Waals surface area contributed by atoms with E-state index in [9.17, 15) is 0 Å². The lowest BCUT2D eigenvalue weighted by Gasteiger charge is -2.24. The highest BCUT2D eigenvalue weighted by atomic mass is 15.2. The van der Waals surface area contributed by atoms with Crippen molar-refractivity contribution in [1.82, 2.24) is 15.1 Å². The Labute approximate surface area is 124 Å². The third kappa shape index (κ3) is 4.58. The van der Waals surface area contributed by atoms with Gasteiger partial charge in [0.25, 0.3) is 0 Å². The smallest absolute Gasteiger partial charge is 0.0329 e. The van der Waals surface area contributed by atoms with Gasteiger partial charge in [-0.2, -0.15) is 0 Å². The van der Waals surface area contributed by atoms with E-state index in [2.05, 4.69) is 60.4 Å². The van der Waals surface area contributed by atoms with Crippen molar-refractivity contribution in [2.75, 3.05) is 46.8 Å². The van der Waals surface area contributed by atoms with Crippen LogP contribution >= 0.6 is 0 Å². The number of likely N-dealkylation sites (N-methyl/N-ethyl adjacent to an activating group) is 1.